The van der Waals surface area contributed by atoms with Gasteiger partial charge in [-0.05, 0) is 217 Å². The van der Waals surface area contributed by atoms with Gasteiger partial charge in [-0.3, -0.25) is 14.4 Å². The van der Waals surface area contributed by atoms with Crippen LogP contribution in [-0.4, -0.2) is 106 Å². The number of carboxylic acid groups (broad SMARTS) is 3. The lowest BCUT2D eigenvalue weighted by molar-refractivity contribution is -0.140. The second-order valence-electron chi connectivity index (χ2n) is 26.8. The number of carbonyl (C=O) groups is 3. The van der Waals surface area contributed by atoms with E-state index in [0.29, 0.717) is 49.5 Å². The van der Waals surface area contributed by atoms with Gasteiger partial charge in [0.1, 0.15) is 29.8 Å². The zero-order valence-electron chi connectivity index (χ0n) is 61.2. The normalized spacial score (nSPS) is 15.6. The number of thiophene rings is 1. The lowest BCUT2D eigenvalue weighted by Crippen LogP contribution is -2.34. The number of nitrogens with one attached hydrogen (secondary N) is 2. The Hall–Kier alpha value is -7.58. The molecule has 2 fully saturated rings. The molecule has 6 unspecified atom stereocenters. The van der Waals surface area contributed by atoms with Crippen LogP contribution in [0.15, 0.2) is 181 Å². The molecule has 16 nitrogen and oxygen atoms in total. The van der Waals surface area contributed by atoms with Gasteiger partial charge in [-0.15, -0.1) is 11.3 Å². The van der Waals surface area contributed by atoms with Crippen molar-refractivity contribution in [2.45, 2.75) is 161 Å². The summed E-state index contributed by atoms with van der Waals surface area (Å²) in [5.74, 6) is 2.52. The molecule has 10 rings (SSSR count). The van der Waals surface area contributed by atoms with E-state index in [4.69, 9.17) is 67.8 Å². The van der Waals surface area contributed by atoms with Crippen molar-refractivity contribution in [3.05, 3.63) is 225 Å². The lowest BCUT2D eigenvalue weighted by atomic mass is 9.72. The van der Waals surface area contributed by atoms with Gasteiger partial charge in [-0.2, -0.15) is 0 Å². The minimum absolute atomic E-state index is 0.0156. The van der Waals surface area contributed by atoms with Crippen molar-refractivity contribution in [3.8, 4) is 23.0 Å². The second-order valence-corrected chi connectivity index (χ2v) is 28.2. The second kappa shape index (κ2) is 49.1. The third-order valence-electron chi connectivity index (χ3n) is 18.2. The van der Waals surface area contributed by atoms with E-state index in [1.54, 1.807) is 12.1 Å². The lowest BCUT2D eigenvalue weighted by Gasteiger charge is -2.34. The average molecular weight is 1440 g/mol. The average Bonchev–Trinajstić information content (AvgIpc) is 0.888. The van der Waals surface area contributed by atoms with Crippen molar-refractivity contribution in [1.82, 2.24) is 10.6 Å². The SMILES string of the molecule is CC(C)CC(CN)CC(=O)O.CCOc1ccccc1OC(c1ccccc1)C1CCCOC1.CNCCC(Cc1cccs1)Oc1cccc2c1CC=CC2.CNCCC(Oc1ccccc1C)c1ccccc1.NCC(CCC(=O)O)c1ccc(Cl)cc1.NCC1(CC(=O)O)CCCCC1. The van der Waals surface area contributed by atoms with Crippen molar-refractivity contribution in [2.75, 3.05) is 66.6 Å². The Labute approximate surface area is 617 Å². The van der Waals surface area contributed by atoms with Gasteiger partial charge in [0.25, 0.3) is 0 Å². The van der Waals surface area contributed by atoms with Gasteiger partial charge in [0, 0.05) is 53.7 Å². The van der Waals surface area contributed by atoms with Gasteiger partial charge in [0.15, 0.2) is 11.5 Å². The summed E-state index contributed by atoms with van der Waals surface area (Å²) in [5.41, 5.74) is 24.0. The molecule has 0 spiro atoms. The maximum Gasteiger partial charge on any atom is 0.303 e. The molecule has 3 aliphatic rings. The van der Waals surface area contributed by atoms with Crippen LogP contribution in [0.5, 0.6) is 23.0 Å². The van der Waals surface area contributed by atoms with Crippen LogP contribution < -0.4 is 46.8 Å². The number of carboxylic acids is 3. The molecule has 0 amide bonds. The first kappa shape index (κ1) is 85.1. The van der Waals surface area contributed by atoms with Crippen LogP contribution in [0.2, 0.25) is 5.02 Å². The van der Waals surface area contributed by atoms with Gasteiger partial charge in [0.2, 0.25) is 0 Å². The number of fused-ring (bicyclic) bond motifs is 1. The summed E-state index contributed by atoms with van der Waals surface area (Å²) in [6, 6.07) is 55.0. The number of allylic oxidation sites excluding steroid dienone is 2. The molecular weight excluding hydrogens is 1320 g/mol. The first-order chi connectivity index (χ1) is 49.4. The summed E-state index contributed by atoms with van der Waals surface area (Å²) in [4.78, 5) is 32.7. The number of aryl methyl sites for hydroxylation is 1. The fourth-order valence-corrected chi connectivity index (χ4v) is 13.6. The van der Waals surface area contributed by atoms with Crippen LogP contribution in [0.3, 0.4) is 0 Å². The van der Waals surface area contributed by atoms with Gasteiger partial charge < -0.3 is 66.8 Å². The van der Waals surface area contributed by atoms with E-state index in [0.717, 1.165) is 132 Å². The van der Waals surface area contributed by atoms with E-state index < -0.39 is 17.9 Å². The Morgan fingerprint density at radius 2 is 1.28 bits per heavy atom. The third-order valence-corrected chi connectivity index (χ3v) is 19.4. The van der Waals surface area contributed by atoms with E-state index in [-0.39, 0.29) is 54.8 Å². The van der Waals surface area contributed by atoms with Crippen LogP contribution in [0.4, 0.5) is 0 Å². The molecule has 556 valence electrons. The number of rotatable bonds is 32. The van der Waals surface area contributed by atoms with Gasteiger partial charge in [-0.25, -0.2) is 0 Å². The van der Waals surface area contributed by atoms with Crippen LogP contribution in [0.25, 0.3) is 0 Å². The Bertz CT molecular complexity index is 3420. The van der Waals surface area contributed by atoms with E-state index >= 15 is 0 Å². The monoisotopic (exact) mass is 1440 g/mol. The summed E-state index contributed by atoms with van der Waals surface area (Å²) in [5, 5.41) is 35.0. The predicted octanol–water partition coefficient (Wildman–Crippen LogP) is 17.1. The van der Waals surface area contributed by atoms with Crippen molar-refractivity contribution in [2.24, 2.45) is 40.4 Å². The summed E-state index contributed by atoms with van der Waals surface area (Å²) < 4.78 is 30.4. The van der Waals surface area contributed by atoms with Crippen molar-refractivity contribution in [1.29, 1.82) is 0 Å². The highest BCUT2D eigenvalue weighted by Gasteiger charge is 2.33. The van der Waals surface area contributed by atoms with E-state index in [2.05, 4.69) is 134 Å². The molecule has 6 atom stereocenters. The molecule has 1 aromatic heterocycles. The topological polar surface area (TPSA) is 260 Å². The summed E-state index contributed by atoms with van der Waals surface area (Å²) in [7, 11) is 3.97. The summed E-state index contributed by atoms with van der Waals surface area (Å²) in [6.45, 7) is 13.8. The number of hydrogen-bond donors (Lipinski definition) is 8. The Morgan fingerprint density at radius 3 is 1.86 bits per heavy atom. The van der Waals surface area contributed by atoms with Gasteiger partial charge in [0.05, 0.1) is 19.6 Å². The number of aliphatic carboxylic acids is 3. The highest BCUT2D eigenvalue weighted by atomic mass is 35.5. The Kier molecular flexibility index (Phi) is 41.0. The summed E-state index contributed by atoms with van der Waals surface area (Å²) in [6.07, 6.45) is 19.6. The zero-order valence-corrected chi connectivity index (χ0v) is 62.7. The van der Waals surface area contributed by atoms with Crippen molar-refractivity contribution < 1.29 is 53.4 Å². The van der Waals surface area contributed by atoms with Crippen LogP contribution in [-0.2, 0) is 38.4 Å². The molecule has 0 bridgehead atoms. The Morgan fingerprint density at radius 1 is 0.647 bits per heavy atom. The fourth-order valence-electron chi connectivity index (χ4n) is 12.7. The molecule has 11 N–H and O–H groups in total. The standard InChI is InChI=1S/C20H24O3.C19H23NOS.C17H21NO.C11H14ClNO2.C9H17NO2.C8H17NO2/c1-2-22-18-12-6-7-13-19(18)23-20(16-9-4-3-5-10-16)17-11-8-14-21-15-17;1-20-12-11-16(14-17-8-5-13-22-17)21-19-10-4-7-15-6-2-3-9-18(15)19;1-14-8-6-7-11-16(14)19-17(12-13-18-2)15-9-4-3-5-10-15;12-10-4-1-8(2-5-10)9(7-13)3-6-11(14)15;10-7-9(6-8(11)12)4-2-1-3-5-9;1-6(2)3-7(5-9)4-8(10)11/h3-7,9-10,12-13,17,20H,2,8,11,14-15H2,1H3;2-5,7-8,10,13,16,20H,6,9,11-12,14H2,1H3;3-11,17-18H,12-13H2,1-2H3;1-2,4-5,9H,3,6-7,13H2,(H,14,15);1-7,10H2,(H,11,12);6-7H,3-5,9H2,1-2H3,(H,10,11). The maximum atomic E-state index is 10.6. The fraction of sp³-hybridized carbons (Fsp3) is 0.464. The number of ether oxygens (including phenoxy) is 5. The molecule has 0 radical (unpaired) electrons. The number of halogens is 1. The Balaban J connectivity index is 0.000000225. The molecule has 6 aromatic carbocycles. The van der Waals surface area contributed by atoms with E-state index in [9.17, 15) is 14.4 Å². The molecule has 1 saturated carbocycles. The largest absolute Gasteiger partial charge is 0.490 e. The molecule has 7 aromatic rings. The smallest absolute Gasteiger partial charge is 0.303 e. The van der Waals surface area contributed by atoms with Crippen LogP contribution in [0.1, 0.15) is 167 Å². The maximum absolute atomic E-state index is 10.6. The molecular formula is C84H116ClN5O11S. The van der Waals surface area contributed by atoms with Crippen LogP contribution >= 0.6 is 22.9 Å². The molecule has 2 aliphatic carbocycles. The van der Waals surface area contributed by atoms with Crippen molar-refractivity contribution >= 4 is 40.8 Å². The minimum atomic E-state index is -0.789. The highest BCUT2D eigenvalue weighted by Crippen LogP contribution is 2.40. The van der Waals surface area contributed by atoms with E-state index in [1.165, 1.54) is 39.1 Å². The van der Waals surface area contributed by atoms with Crippen molar-refractivity contribution in [3.63, 3.8) is 0 Å². The summed E-state index contributed by atoms with van der Waals surface area (Å²) >= 11 is 7.57. The highest BCUT2D eigenvalue weighted by molar-refractivity contribution is 7.09. The minimum Gasteiger partial charge on any atom is -0.490 e. The van der Waals surface area contributed by atoms with E-state index in [1.807, 2.05) is 99.1 Å². The van der Waals surface area contributed by atoms with Gasteiger partial charge >= 0.3 is 17.9 Å². The van der Waals surface area contributed by atoms with Crippen LogP contribution in [0, 0.1) is 30.1 Å². The molecule has 102 heavy (non-hydrogen) atoms. The first-order valence-electron chi connectivity index (χ1n) is 36.5. The zero-order chi connectivity index (χ0) is 73.7. The first-order valence-corrected chi connectivity index (χ1v) is 37.7. The molecule has 1 saturated heterocycles. The third kappa shape index (κ3) is 32.4. The number of nitrogens with two attached hydrogens (primary N) is 3. The molecule has 2 heterocycles. The number of benzene rings is 6. The predicted molar refractivity (Wildman–Crippen MR) is 416 cm³/mol. The van der Waals surface area contributed by atoms with Gasteiger partial charge in [-0.1, -0.05) is 178 Å². The quantitative estimate of drug-likeness (QED) is 0.0182. The number of para-hydroxylation sites is 3. The molecule has 18 heteroatoms. The number of hydrogen-bond acceptors (Lipinski definition) is 14. The molecule has 1 aliphatic heterocycles.